The minimum absolute atomic E-state index is 0.00160. The van der Waals surface area contributed by atoms with Crippen molar-refractivity contribution >= 4 is 33.6 Å². The minimum atomic E-state index is -0.889. The molecule has 1 aliphatic rings. The third kappa shape index (κ3) is 4.07. The zero-order chi connectivity index (χ0) is 24.7. The van der Waals surface area contributed by atoms with Gasteiger partial charge in [-0.05, 0) is 65.8 Å². The molecule has 5 rings (SSSR count). The van der Waals surface area contributed by atoms with Crippen molar-refractivity contribution in [1.82, 2.24) is 9.47 Å². The number of carboxylic acids is 1. The van der Waals surface area contributed by atoms with Gasteiger partial charge in [0.05, 0.1) is 0 Å². The van der Waals surface area contributed by atoms with Gasteiger partial charge in [-0.3, -0.25) is 4.79 Å². The normalized spacial score (nSPS) is 16.3. The summed E-state index contributed by atoms with van der Waals surface area (Å²) in [5.74, 6) is -1.24. The molecule has 1 amide bonds. The van der Waals surface area contributed by atoms with Crippen molar-refractivity contribution in [3.8, 4) is 0 Å². The number of aromatic nitrogens is 1. The number of aliphatic carboxylic acids is 1. The van der Waals surface area contributed by atoms with Gasteiger partial charge in [-0.15, -0.1) is 0 Å². The number of hydrogen-bond donors (Lipinski definition) is 1. The van der Waals surface area contributed by atoms with E-state index in [2.05, 4.69) is 24.3 Å². The van der Waals surface area contributed by atoms with Gasteiger partial charge >= 0.3 is 5.97 Å². The van der Waals surface area contributed by atoms with Crippen molar-refractivity contribution in [3.05, 3.63) is 83.3 Å². The highest BCUT2D eigenvalue weighted by atomic mass is 19.1. The minimum Gasteiger partial charge on any atom is -0.480 e. The third-order valence-corrected chi connectivity index (χ3v) is 7.39. The first-order valence-electron chi connectivity index (χ1n) is 12.2. The van der Waals surface area contributed by atoms with Crippen LogP contribution in [0, 0.1) is 5.82 Å². The molecule has 2 atom stereocenters. The largest absolute Gasteiger partial charge is 0.480 e. The SMILES string of the molecule is CCC(C(=O)O)n1c2c(c3cc(F)ccc31)C[C@@H](N(Cc1cccc3ccccc13)C(C)=O)CC2. The van der Waals surface area contributed by atoms with Crippen molar-refractivity contribution in [1.29, 1.82) is 0 Å². The number of halogens is 1. The highest BCUT2D eigenvalue weighted by molar-refractivity contribution is 5.89. The van der Waals surface area contributed by atoms with E-state index in [1.807, 2.05) is 34.6 Å². The average Bonchev–Trinajstić information content (AvgIpc) is 3.15. The maximum Gasteiger partial charge on any atom is 0.326 e. The Balaban J connectivity index is 1.55. The summed E-state index contributed by atoms with van der Waals surface area (Å²) in [6.07, 6.45) is 2.38. The molecule has 0 saturated heterocycles. The summed E-state index contributed by atoms with van der Waals surface area (Å²) in [4.78, 5) is 26.8. The van der Waals surface area contributed by atoms with Crippen molar-refractivity contribution in [2.45, 2.75) is 58.2 Å². The van der Waals surface area contributed by atoms with Gasteiger partial charge in [0.15, 0.2) is 0 Å². The number of carbonyl (C=O) groups excluding carboxylic acids is 1. The van der Waals surface area contributed by atoms with Gasteiger partial charge in [-0.25, -0.2) is 9.18 Å². The topological polar surface area (TPSA) is 62.5 Å². The molecule has 0 bridgehead atoms. The molecule has 6 heteroatoms. The maximum atomic E-state index is 14.3. The van der Waals surface area contributed by atoms with Crippen LogP contribution >= 0.6 is 0 Å². The monoisotopic (exact) mass is 472 g/mol. The molecule has 0 fully saturated rings. The molecule has 4 aromatic rings. The summed E-state index contributed by atoms with van der Waals surface area (Å²) in [5.41, 5.74) is 3.74. The van der Waals surface area contributed by atoms with E-state index in [0.29, 0.717) is 25.8 Å². The Kier molecular flexibility index (Phi) is 6.05. The lowest BCUT2D eigenvalue weighted by molar-refractivity contribution is -0.141. The number of carbonyl (C=O) groups is 2. The lowest BCUT2D eigenvalue weighted by Crippen LogP contribution is -2.42. The van der Waals surface area contributed by atoms with E-state index in [1.54, 1.807) is 13.0 Å². The van der Waals surface area contributed by atoms with Crippen LogP contribution in [0.3, 0.4) is 0 Å². The molecule has 0 saturated carbocycles. The van der Waals surface area contributed by atoms with Crippen LogP contribution in [-0.4, -0.2) is 32.5 Å². The molecule has 1 heterocycles. The molecule has 0 aliphatic heterocycles. The Labute approximate surface area is 203 Å². The first-order chi connectivity index (χ1) is 16.9. The maximum absolute atomic E-state index is 14.3. The zero-order valence-electron chi connectivity index (χ0n) is 20.0. The molecule has 0 radical (unpaired) electrons. The van der Waals surface area contributed by atoms with Gasteiger partial charge in [-0.2, -0.15) is 0 Å². The lowest BCUT2D eigenvalue weighted by Gasteiger charge is -2.35. The Hall–Kier alpha value is -3.67. The average molecular weight is 473 g/mol. The highest BCUT2D eigenvalue weighted by Gasteiger charge is 2.33. The first kappa shape index (κ1) is 23.1. The van der Waals surface area contributed by atoms with Crippen LogP contribution in [0.5, 0.6) is 0 Å². The molecule has 3 aromatic carbocycles. The van der Waals surface area contributed by atoms with Gasteiger partial charge < -0.3 is 14.6 Å². The second-order valence-electron chi connectivity index (χ2n) is 9.40. The zero-order valence-corrected chi connectivity index (χ0v) is 20.0. The standard InChI is InChI=1S/C29H29FN2O3/c1-3-26(29(34)35)32-27-13-11-21(30)15-24(27)25-16-22(12-14-28(25)32)31(18(2)33)17-20-9-6-8-19-7-4-5-10-23(19)20/h4-11,13,15,22,26H,3,12,14,16-17H2,1-2H3,(H,34,35)/t22-,26?/m0/s1. The number of benzene rings is 3. The first-order valence-corrected chi connectivity index (χ1v) is 12.2. The lowest BCUT2D eigenvalue weighted by atomic mass is 9.89. The predicted octanol–water partition coefficient (Wildman–Crippen LogP) is 5.88. The van der Waals surface area contributed by atoms with E-state index in [0.717, 1.165) is 44.9 Å². The van der Waals surface area contributed by atoms with Crippen molar-refractivity contribution in [3.63, 3.8) is 0 Å². The van der Waals surface area contributed by atoms with Crippen LogP contribution in [0.25, 0.3) is 21.7 Å². The summed E-state index contributed by atoms with van der Waals surface area (Å²) >= 11 is 0. The fourth-order valence-corrected chi connectivity index (χ4v) is 5.75. The quantitative estimate of drug-likeness (QED) is 0.381. The van der Waals surface area contributed by atoms with Crippen LogP contribution < -0.4 is 0 Å². The molecule has 5 nitrogen and oxygen atoms in total. The van der Waals surface area contributed by atoms with Crippen LogP contribution in [0.1, 0.15) is 49.6 Å². The molecule has 1 aromatic heterocycles. The van der Waals surface area contributed by atoms with Gasteiger partial charge in [0, 0.05) is 36.1 Å². The van der Waals surface area contributed by atoms with E-state index in [1.165, 1.54) is 12.1 Å². The third-order valence-electron chi connectivity index (χ3n) is 7.39. The number of rotatable bonds is 6. The van der Waals surface area contributed by atoms with Crippen molar-refractivity contribution in [2.75, 3.05) is 0 Å². The molecule has 1 N–H and O–H groups in total. The molecule has 1 aliphatic carbocycles. The molecular formula is C29H29FN2O3. The Morgan fingerprint density at radius 2 is 1.89 bits per heavy atom. The molecular weight excluding hydrogens is 443 g/mol. The molecule has 1 unspecified atom stereocenters. The van der Waals surface area contributed by atoms with E-state index in [9.17, 15) is 19.1 Å². The van der Waals surface area contributed by atoms with Crippen LogP contribution in [0.2, 0.25) is 0 Å². The van der Waals surface area contributed by atoms with Crippen molar-refractivity contribution < 1.29 is 19.1 Å². The Morgan fingerprint density at radius 3 is 2.63 bits per heavy atom. The number of carboxylic acid groups (broad SMARTS) is 1. The molecule has 180 valence electrons. The fourth-order valence-electron chi connectivity index (χ4n) is 5.75. The number of nitrogens with zero attached hydrogens (tertiary/aromatic N) is 2. The highest BCUT2D eigenvalue weighted by Crippen LogP contribution is 2.37. The summed E-state index contributed by atoms with van der Waals surface area (Å²) in [7, 11) is 0. The van der Waals surface area contributed by atoms with Crippen LogP contribution in [0.4, 0.5) is 4.39 Å². The van der Waals surface area contributed by atoms with E-state index in [-0.39, 0.29) is 17.8 Å². The number of fused-ring (bicyclic) bond motifs is 4. The van der Waals surface area contributed by atoms with Gasteiger partial charge in [0.25, 0.3) is 0 Å². The number of amides is 1. The van der Waals surface area contributed by atoms with Gasteiger partial charge in [0.2, 0.25) is 5.91 Å². The Morgan fingerprint density at radius 1 is 1.11 bits per heavy atom. The fraction of sp³-hybridized carbons (Fsp3) is 0.310. The smallest absolute Gasteiger partial charge is 0.326 e. The van der Waals surface area contributed by atoms with Crippen LogP contribution in [0.15, 0.2) is 60.7 Å². The van der Waals surface area contributed by atoms with Crippen LogP contribution in [-0.2, 0) is 29.0 Å². The number of hydrogen-bond acceptors (Lipinski definition) is 2. The summed E-state index contributed by atoms with van der Waals surface area (Å²) in [6.45, 7) is 3.95. The second kappa shape index (κ2) is 9.17. The van der Waals surface area contributed by atoms with Crippen molar-refractivity contribution in [2.24, 2.45) is 0 Å². The van der Waals surface area contributed by atoms with Gasteiger partial charge in [0.1, 0.15) is 11.9 Å². The predicted molar refractivity (Wildman–Crippen MR) is 135 cm³/mol. The van der Waals surface area contributed by atoms with E-state index >= 15 is 0 Å². The van der Waals surface area contributed by atoms with E-state index < -0.39 is 12.0 Å². The van der Waals surface area contributed by atoms with Gasteiger partial charge in [-0.1, -0.05) is 49.4 Å². The van der Waals surface area contributed by atoms with E-state index in [4.69, 9.17) is 0 Å². The molecule has 35 heavy (non-hydrogen) atoms. The summed E-state index contributed by atoms with van der Waals surface area (Å²) in [6, 6.07) is 18.1. The Bertz CT molecular complexity index is 1440. The summed E-state index contributed by atoms with van der Waals surface area (Å²) < 4.78 is 16.2. The summed E-state index contributed by atoms with van der Waals surface area (Å²) in [5, 5.41) is 12.9. The second-order valence-corrected chi connectivity index (χ2v) is 9.40. The molecule has 0 spiro atoms.